The monoisotopic (exact) mass is 241 g/mol. The van der Waals surface area contributed by atoms with Gasteiger partial charge in [0.2, 0.25) is 0 Å². The number of rotatable bonds is 6. The van der Waals surface area contributed by atoms with Crippen LogP contribution in [0.25, 0.3) is 0 Å². The Balaban J connectivity index is 2.72. The molecule has 0 saturated heterocycles. The van der Waals surface area contributed by atoms with Crippen LogP contribution in [0.3, 0.4) is 0 Å². The van der Waals surface area contributed by atoms with E-state index >= 15 is 0 Å². The van der Waals surface area contributed by atoms with Gasteiger partial charge in [-0.25, -0.2) is 0 Å². The van der Waals surface area contributed by atoms with Crippen molar-refractivity contribution in [3.05, 3.63) is 35.9 Å². The lowest BCUT2D eigenvalue weighted by Crippen LogP contribution is -2.35. The van der Waals surface area contributed by atoms with Gasteiger partial charge in [0.05, 0.1) is 18.1 Å². The molecule has 0 aliphatic rings. The molecular weight excluding hydrogens is 222 g/mol. The molecule has 0 radical (unpaired) electrons. The summed E-state index contributed by atoms with van der Waals surface area (Å²) < 4.78 is 0. The predicted octanol–water partition coefficient (Wildman–Crippen LogP) is 2.92. The van der Waals surface area contributed by atoms with Crippen LogP contribution in [-0.2, 0) is 0 Å². The third-order valence-electron chi connectivity index (χ3n) is 3.02. The SMILES string of the molecule is CC(C)N(CCC#N)CC(C#N)c1ccccc1. The molecular formula is C15H19N3. The number of nitrogens with zero attached hydrogens (tertiary/aromatic N) is 3. The van der Waals surface area contributed by atoms with Crippen molar-refractivity contribution in [3.63, 3.8) is 0 Å². The lowest BCUT2D eigenvalue weighted by Gasteiger charge is -2.27. The quantitative estimate of drug-likeness (QED) is 0.769. The van der Waals surface area contributed by atoms with Crippen molar-refractivity contribution in [3.8, 4) is 12.1 Å². The van der Waals surface area contributed by atoms with Crippen molar-refractivity contribution >= 4 is 0 Å². The summed E-state index contributed by atoms with van der Waals surface area (Å²) in [5.74, 6) is -0.132. The molecule has 0 heterocycles. The molecule has 1 unspecified atom stereocenters. The Bertz CT molecular complexity index is 425. The van der Waals surface area contributed by atoms with Crippen molar-refractivity contribution < 1.29 is 0 Å². The Morgan fingerprint density at radius 3 is 2.33 bits per heavy atom. The summed E-state index contributed by atoms with van der Waals surface area (Å²) in [5, 5.41) is 18.0. The molecule has 0 spiro atoms. The van der Waals surface area contributed by atoms with Crippen LogP contribution in [0.1, 0.15) is 31.7 Å². The van der Waals surface area contributed by atoms with E-state index in [0.29, 0.717) is 19.0 Å². The predicted molar refractivity (Wildman–Crippen MR) is 71.7 cm³/mol. The van der Waals surface area contributed by atoms with Gasteiger partial charge in [-0.3, -0.25) is 4.90 Å². The molecule has 0 saturated carbocycles. The van der Waals surface area contributed by atoms with E-state index in [-0.39, 0.29) is 5.92 Å². The summed E-state index contributed by atoms with van der Waals surface area (Å²) in [6.07, 6.45) is 0.505. The second kappa shape index (κ2) is 7.48. The highest BCUT2D eigenvalue weighted by Gasteiger charge is 2.17. The molecule has 0 N–H and O–H groups in total. The molecule has 0 aliphatic carbocycles. The Labute approximate surface area is 109 Å². The minimum atomic E-state index is -0.132. The van der Waals surface area contributed by atoms with E-state index in [4.69, 9.17) is 5.26 Å². The summed E-state index contributed by atoms with van der Waals surface area (Å²) in [6, 6.07) is 14.7. The van der Waals surface area contributed by atoms with Crippen LogP contribution in [0, 0.1) is 22.7 Å². The minimum absolute atomic E-state index is 0.132. The van der Waals surface area contributed by atoms with Gasteiger partial charge in [0.1, 0.15) is 0 Å². The van der Waals surface area contributed by atoms with Gasteiger partial charge in [0.25, 0.3) is 0 Å². The Morgan fingerprint density at radius 1 is 1.17 bits per heavy atom. The van der Waals surface area contributed by atoms with Crippen LogP contribution in [0.5, 0.6) is 0 Å². The van der Waals surface area contributed by atoms with Crippen molar-refractivity contribution in [1.29, 1.82) is 10.5 Å². The van der Waals surface area contributed by atoms with Crippen molar-refractivity contribution in [1.82, 2.24) is 4.90 Å². The number of hydrogen-bond acceptors (Lipinski definition) is 3. The molecule has 0 aromatic heterocycles. The standard InChI is InChI=1S/C15H19N3/c1-13(2)18(10-6-9-16)12-15(11-17)14-7-4-3-5-8-14/h3-5,7-8,13,15H,6,10,12H2,1-2H3. The van der Waals surface area contributed by atoms with Crippen LogP contribution >= 0.6 is 0 Å². The topological polar surface area (TPSA) is 50.8 Å². The average Bonchev–Trinajstić information content (AvgIpc) is 2.39. The first-order valence-corrected chi connectivity index (χ1v) is 6.24. The lowest BCUT2D eigenvalue weighted by molar-refractivity contribution is 0.222. The minimum Gasteiger partial charge on any atom is -0.298 e. The van der Waals surface area contributed by atoms with Gasteiger partial charge in [0, 0.05) is 25.6 Å². The molecule has 1 aromatic carbocycles. The number of nitriles is 2. The van der Waals surface area contributed by atoms with Crippen LogP contribution in [0.2, 0.25) is 0 Å². The molecule has 0 fully saturated rings. The summed E-state index contributed by atoms with van der Waals surface area (Å²) >= 11 is 0. The second-order valence-corrected chi connectivity index (χ2v) is 4.59. The van der Waals surface area contributed by atoms with E-state index in [1.807, 2.05) is 30.3 Å². The molecule has 1 aromatic rings. The van der Waals surface area contributed by atoms with Gasteiger partial charge >= 0.3 is 0 Å². The zero-order valence-electron chi connectivity index (χ0n) is 11.0. The Hall–Kier alpha value is -1.84. The maximum atomic E-state index is 9.29. The first kappa shape index (κ1) is 14.2. The van der Waals surface area contributed by atoms with Crippen LogP contribution in [0.15, 0.2) is 30.3 Å². The maximum Gasteiger partial charge on any atom is 0.0839 e. The van der Waals surface area contributed by atoms with E-state index in [2.05, 4.69) is 30.9 Å². The molecule has 0 bridgehead atoms. The molecule has 3 nitrogen and oxygen atoms in total. The van der Waals surface area contributed by atoms with Crippen molar-refractivity contribution in [2.75, 3.05) is 13.1 Å². The Morgan fingerprint density at radius 2 is 1.83 bits per heavy atom. The zero-order chi connectivity index (χ0) is 13.4. The van der Waals surface area contributed by atoms with Crippen LogP contribution < -0.4 is 0 Å². The van der Waals surface area contributed by atoms with Crippen molar-refractivity contribution in [2.24, 2.45) is 0 Å². The average molecular weight is 241 g/mol. The molecule has 0 aliphatic heterocycles. The molecule has 94 valence electrons. The summed E-state index contributed by atoms with van der Waals surface area (Å²) in [6.45, 7) is 5.59. The van der Waals surface area contributed by atoms with Gasteiger partial charge < -0.3 is 0 Å². The molecule has 18 heavy (non-hydrogen) atoms. The van der Waals surface area contributed by atoms with Gasteiger partial charge in [0.15, 0.2) is 0 Å². The smallest absolute Gasteiger partial charge is 0.0839 e. The van der Waals surface area contributed by atoms with Gasteiger partial charge in [-0.1, -0.05) is 30.3 Å². The molecule has 1 atom stereocenters. The normalized spacial score (nSPS) is 12.1. The lowest BCUT2D eigenvalue weighted by atomic mass is 9.99. The highest BCUT2D eigenvalue weighted by atomic mass is 15.1. The van der Waals surface area contributed by atoms with Crippen molar-refractivity contribution in [2.45, 2.75) is 32.2 Å². The fourth-order valence-electron chi connectivity index (χ4n) is 1.89. The van der Waals surface area contributed by atoms with E-state index in [1.165, 1.54) is 0 Å². The van der Waals surface area contributed by atoms with E-state index < -0.39 is 0 Å². The fourth-order valence-corrected chi connectivity index (χ4v) is 1.89. The van der Waals surface area contributed by atoms with Gasteiger partial charge in [-0.15, -0.1) is 0 Å². The summed E-state index contributed by atoms with van der Waals surface area (Å²) in [5.41, 5.74) is 1.04. The highest BCUT2D eigenvalue weighted by molar-refractivity contribution is 5.25. The second-order valence-electron chi connectivity index (χ2n) is 4.59. The first-order valence-electron chi connectivity index (χ1n) is 6.24. The number of hydrogen-bond donors (Lipinski definition) is 0. The van der Waals surface area contributed by atoms with E-state index in [9.17, 15) is 5.26 Å². The van der Waals surface area contributed by atoms with E-state index in [1.54, 1.807) is 0 Å². The number of benzene rings is 1. The van der Waals surface area contributed by atoms with Crippen LogP contribution in [0.4, 0.5) is 0 Å². The first-order chi connectivity index (χ1) is 8.69. The zero-order valence-corrected chi connectivity index (χ0v) is 11.0. The highest BCUT2D eigenvalue weighted by Crippen LogP contribution is 2.17. The summed E-state index contributed by atoms with van der Waals surface area (Å²) in [4.78, 5) is 2.18. The molecule has 1 rings (SSSR count). The van der Waals surface area contributed by atoms with Gasteiger partial charge in [-0.2, -0.15) is 10.5 Å². The van der Waals surface area contributed by atoms with Crippen LogP contribution in [-0.4, -0.2) is 24.0 Å². The Kier molecular flexibility index (Phi) is 5.91. The fraction of sp³-hybridized carbons (Fsp3) is 0.467. The summed E-state index contributed by atoms with van der Waals surface area (Å²) in [7, 11) is 0. The van der Waals surface area contributed by atoms with E-state index in [0.717, 1.165) is 12.1 Å². The van der Waals surface area contributed by atoms with Gasteiger partial charge in [-0.05, 0) is 19.4 Å². The third kappa shape index (κ3) is 4.20. The maximum absolute atomic E-state index is 9.29. The molecule has 3 heteroatoms. The largest absolute Gasteiger partial charge is 0.298 e. The molecule has 0 amide bonds. The third-order valence-corrected chi connectivity index (χ3v) is 3.02.